The lowest BCUT2D eigenvalue weighted by atomic mass is 10.1. The first-order chi connectivity index (χ1) is 13.0. The fraction of sp³-hybridized carbons (Fsp3) is 0.474. The summed E-state index contributed by atoms with van der Waals surface area (Å²) in [5.41, 5.74) is 6.11. The second kappa shape index (κ2) is 13.2. The number of carbonyl (C=O) groups is 3. The van der Waals surface area contributed by atoms with E-state index in [0.29, 0.717) is 19.4 Å². The summed E-state index contributed by atoms with van der Waals surface area (Å²) < 4.78 is 5.09. The molecule has 0 unspecified atom stereocenters. The summed E-state index contributed by atoms with van der Waals surface area (Å²) in [7, 11) is 0. The van der Waals surface area contributed by atoms with Gasteiger partial charge in [-0.25, -0.2) is 4.79 Å². The van der Waals surface area contributed by atoms with Crippen LogP contribution in [0, 0.1) is 11.3 Å². The SMILES string of the molecule is N#CCC[C@@H](NC(=O)CCCCCNC(=O)OCc1ccccc1)C(N)=O. The quantitative estimate of drug-likeness (QED) is 0.479. The molecule has 1 atom stereocenters. The van der Waals surface area contributed by atoms with E-state index in [1.54, 1.807) is 0 Å². The Morgan fingerprint density at radius 2 is 1.89 bits per heavy atom. The van der Waals surface area contributed by atoms with Gasteiger partial charge < -0.3 is 21.1 Å². The summed E-state index contributed by atoms with van der Waals surface area (Å²) in [5.74, 6) is -0.913. The minimum atomic E-state index is -0.807. The van der Waals surface area contributed by atoms with Crippen molar-refractivity contribution in [1.29, 1.82) is 5.26 Å². The third kappa shape index (κ3) is 10.5. The highest BCUT2D eigenvalue weighted by atomic mass is 16.5. The Bertz CT molecular complexity index is 643. The van der Waals surface area contributed by atoms with Crippen LogP contribution < -0.4 is 16.4 Å². The van der Waals surface area contributed by atoms with E-state index >= 15 is 0 Å². The molecule has 3 amide bonds. The predicted molar refractivity (Wildman–Crippen MR) is 99.1 cm³/mol. The molecule has 0 saturated carbocycles. The van der Waals surface area contributed by atoms with Crippen LogP contribution in [-0.4, -0.2) is 30.5 Å². The molecule has 0 radical (unpaired) electrons. The molecule has 8 nitrogen and oxygen atoms in total. The zero-order chi connectivity index (χ0) is 19.9. The molecular weight excluding hydrogens is 348 g/mol. The van der Waals surface area contributed by atoms with E-state index in [1.807, 2.05) is 36.4 Å². The highest BCUT2D eigenvalue weighted by molar-refractivity contribution is 5.86. The van der Waals surface area contributed by atoms with Gasteiger partial charge in [0.05, 0.1) is 6.07 Å². The van der Waals surface area contributed by atoms with Crippen molar-refractivity contribution in [3.8, 4) is 6.07 Å². The Balaban J connectivity index is 2.07. The molecule has 0 aliphatic carbocycles. The number of nitriles is 1. The molecule has 146 valence electrons. The molecule has 0 fully saturated rings. The molecule has 0 bridgehead atoms. The maximum atomic E-state index is 11.8. The average molecular weight is 374 g/mol. The third-order valence-corrected chi connectivity index (χ3v) is 3.79. The predicted octanol–water partition coefficient (Wildman–Crippen LogP) is 1.75. The molecule has 8 heteroatoms. The van der Waals surface area contributed by atoms with E-state index in [0.717, 1.165) is 12.0 Å². The van der Waals surface area contributed by atoms with E-state index in [1.165, 1.54) is 0 Å². The number of carbonyl (C=O) groups excluding carboxylic acids is 3. The standard InChI is InChI=1S/C19H26N4O4/c20-12-7-10-16(18(21)25)23-17(24)11-5-2-6-13-22-19(26)27-14-15-8-3-1-4-9-15/h1,3-4,8-9,16H,2,5-7,10-11,13-14H2,(H2,21,25)(H,22,26)(H,23,24)/t16-/m1/s1. The van der Waals surface area contributed by atoms with Crippen molar-refractivity contribution >= 4 is 17.9 Å². The number of hydrogen-bond donors (Lipinski definition) is 3. The van der Waals surface area contributed by atoms with Crippen LogP contribution in [0.2, 0.25) is 0 Å². The van der Waals surface area contributed by atoms with E-state index in [9.17, 15) is 14.4 Å². The van der Waals surface area contributed by atoms with Crippen molar-refractivity contribution in [2.24, 2.45) is 5.73 Å². The summed E-state index contributed by atoms with van der Waals surface area (Å²) in [5, 5.41) is 13.7. The first kappa shape index (κ1) is 22.0. The Labute approximate surface area is 159 Å². The van der Waals surface area contributed by atoms with E-state index in [2.05, 4.69) is 10.6 Å². The number of rotatable bonds is 12. The van der Waals surface area contributed by atoms with Gasteiger partial charge in [-0.2, -0.15) is 5.26 Å². The number of ether oxygens (including phenoxy) is 1. The smallest absolute Gasteiger partial charge is 0.407 e. The van der Waals surface area contributed by atoms with Crippen molar-refractivity contribution in [2.45, 2.75) is 51.2 Å². The van der Waals surface area contributed by atoms with Crippen molar-refractivity contribution < 1.29 is 19.1 Å². The van der Waals surface area contributed by atoms with Crippen LogP contribution in [0.5, 0.6) is 0 Å². The van der Waals surface area contributed by atoms with Gasteiger partial charge in [-0.3, -0.25) is 9.59 Å². The van der Waals surface area contributed by atoms with Crippen molar-refractivity contribution in [2.75, 3.05) is 6.54 Å². The molecule has 4 N–H and O–H groups in total. The maximum absolute atomic E-state index is 11.8. The van der Waals surface area contributed by atoms with Gasteiger partial charge in [-0.15, -0.1) is 0 Å². The number of nitrogens with two attached hydrogens (primary N) is 1. The van der Waals surface area contributed by atoms with Gasteiger partial charge in [-0.1, -0.05) is 36.8 Å². The Morgan fingerprint density at radius 3 is 2.56 bits per heavy atom. The number of amides is 3. The molecule has 0 spiro atoms. The van der Waals surface area contributed by atoms with E-state index in [4.69, 9.17) is 15.7 Å². The number of primary amides is 1. The summed E-state index contributed by atoms with van der Waals surface area (Å²) in [4.78, 5) is 34.6. The number of alkyl carbamates (subject to hydrolysis) is 1. The first-order valence-electron chi connectivity index (χ1n) is 8.93. The van der Waals surface area contributed by atoms with Gasteiger partial charge in [-0.05, 0) is 24.8 Å². The van der Waals surface area contributed by atoms with Gasteiger partial charge in [0.2, 0.25) is 11.8 Å². The minimum Gasteiger partial charge on any atom is -0.445 e. The van der Waals surface area contributed by atoms with Crippen molar-refractivity contribution in [1.82, 2.24) is 10.6 Å². The summed E-state index contributed by atoms with van der Waals surface area (Å²) in [6, 6.07) is 10.5. The molecule has 0 aromatic heterocycles. The molecule has 0 aliphatic rings. The second-order valence-corrected chi connectivity index (χ2v) is 6.02. The lowest BCUT2D eigenvalue weighted by Crippen LogP contribution is -2.44. The van der Waals surface area contributed by atoms with Gasteiger partial charge in [0.15, 0.2) is 0 Å². The zero-order valence-electron chi connectivity index (χ0n) is 15.3. The van der Waals surface area contributed by atoms with Crippen molar-refractivity contribution in [3.05, 3.63) is 35.9 Å². The lowest BCUT2D eigenvalue weighted by molar-refractivity contribution is -0.127. The van der Waals surface area contributed by atoms with E-state index < -0.39 is 18.0 Å². The summed E-state index contributed by atoms with van der Waals surface area (Å²) >= 11 is 0. The molecule has 0 aliphatic heterocycles. The molecule has 0 heterocycles. The Kier molecular flexibility index (Phi) is 10.7. The average Bonchev–Trinajstić information content (AvgIpc) is 2.66. The number of nitrogens with zero attached hydrogens (tertiary/aromatic N) is 1. The molecule has 0 saturated heterocycles. The maximum Gasteiger partial charge on any atom is 0.407 e. The van der Waals surface area contributed by atoms with Crippen LogP contribution in [0.15, 0.2) is 30.3 Å². The normalized spacial score (nSPS) is 11.1. The lowest BCUT2D eigenvalue weighted by Gasteiger charge is -2.13. The molecule has 1 aromatic carbocycles. The molecule has 1 aromatic rings. The number of hydrogen-bond acceptors (Lipinski definition) is 5. The number of nitrogens with one attached hydrogen (secondary N) is 2. The van der Waals surface area contributed by atoms with E-state index in [-0.39, 0.29) is 31.8 Å². The van der Waals surface area contributed by atoms with Crippen LogP contribution >= 0.6 is 0 Å². The van der Waals surface area contributed by atoms with Gasteiger partial charge in [0, 0.05) is 19.4 Å². The second-order valence-electron chi connectivity index (χ2n) is 6.02. The topological polar surface area (TPSA) is 134 Å². The first-order valence-corrected chi connectivity index (χ1v) is 8.93. The Hall–Kier alpha value is -3.08. The van der Waals surface area contributed by atoms with Gasteiger partial charge in [0.1, 0.15) is 12.6 Å². The fourth-order valence-corrected chi connectivity index (χ4v) is 2.31. The minimum absolute atomic E-state index is 0.153. The van der Waals surface area contributed by atoms with Crippen LogP contribution in [-0.2, 0) is 20.9 Å². The molecule has 27 heavy (non-hydrogen) atoms. The zero-order valence-corrected chi connectivity index (χ0v) is 15.3. The Morgan fingerprint density at radius 1 is 1.15 bits per heavy atom. The van der Waals surface area contributed by atoms with Crippen molar-refractivity contribution in [3.63, 3.8) is 0 Å². The number of unbranched alkanes of at least 4 members (excludes halogenated alkanes) is 2. The number of benzene rings is 1. The van der Waals surface area contributed by atoms with Crippen LogP contribution in [0.25, 0.3) is 0 Å². The summed E-state index contributed by atoms with van der Waals surface area (Å²) in [6.45, 7) is 0.682. The van der Waals surface area contributed by atoms with Crippen LogP contribution in [0.3, 0.4) is 0 Å². The molecular formula is C19H26N4O4. The highest BCUT2D eigenvalue weighted by Gasteiger charge is 2.17. The largest absolute Gasteiger partial charge is 0.445 e. The monoisotopic (exact) mass is 374 g/mol. The third-order valence-electron chi connectivity index (χ3n) is 3.79. The van der Waals surface area contributed by atoms with Gasteiger partial charge >= 0.3 is 6.09 Å². The van der Waals surface area contributed by atoms with Gasteiger partial charge in [0.25, 0.3) is 0 Å². The molecule has 1 rings (SSSR count). The van der Waals surface area contributed by atoms with Crippen LogP contribution in [0.4, 0.5) is 4.79 Å². The highest BCUT2D eigenvalue weighted by Crippen LogP contribution is 2.03. The summed E-state index contributed by atoms with van der Waals surface area (Å²) in [6.07, 6.45) is 2.23. The van der Waals surface area contributed by atoms with Crippen LogP contribution in [0.1, 0.15) is 44.1 Å². The fourth-order valence-electron chi connectivity index (χ4n) is 2.31.